The molecule has 0 aliphatic heterocycles. The molecule has 0 saturated carbocycles. The first-order chi connectivity index (χ1) is 14.4. The van der Waals surface area contributed by atoms with Gasteiger partial charge in [0.2, 0.25) is 11.8 Å². The fraction of sp³-hybridized carbons (Fsp3) is 0.391. The molecule has 0 spiro atoms. The topological polar surface area (TPSA) is 61.9 Å². The van der Waals surface area contributed by atoms with Crippen molar-refractivity contribution in [3.8, 4) is 5.75 Å². The number of thioether (sulfide) groups is 1. The molecule has 0 aliphatic rings. The molecule has 6 nitrogen and oxygen atoms in total. The van der Waals surface area contributed by atoms with Gasteiger partial charge in [0.25, 0.3) is 0 Å². The molecule has 162 valence electrons. The fourth-order valence-corrected chi connectivity index (χ4v) is 3.80. The molecule has 0 bridgehead atoms. The van der Waals surface area contributed by atoms with Crippen LogP contribution in [-0.2, 0) is 16.1 Å². The van der Waals surface area contributed by atoms with Crippen molar-refractivity contribution in [3.63, 3.8) is 0 Å². The first-order valence-electron chi connectivity index (χ1n) is 9.90. The minimum atomic E-state index is -0.597. The zero-order chi connectivity index (χ0) is 21.9. The minimum absolute atomic E-state index is 0.0723. The quantitative estimate of drug-likeness (QED) is 0.557. The summed E-state index contributed by atoms with van der Waals surface area (Å²) in [4.78, 5) is 30.0. The second-order valence-electron chi connectivity index (χ2n) is 7.29. The molecule has 0 aromatic heterocycles. The van der Waals surface area contributed by atoms with Crippen molar-refractivity contribution >= 4 is 23.6 Å². The number of hydrogen-bond donors (Lipinski definition) is 1. The summed E-state index contributed by atoms with van der Waals surface area (Å²) in [7, 11) is 5.59. The van der Waals surface area contributed by atoms with Crippen LogP contribution in [-0.4, -0.2) is 67.7 Å². The van der Waals surface area contributed by atoms with Gasteiger partial charge in [0.05, 0.1) is 7.11 Å². The predicted molar refractivity (Wildman–Crippen MR) is 122 cm³/mol. The number of amides is 2. The van der Waals surface area contributed by atoms with Crippen LogP contribution in [0.1, 0.15) is 12.5 Å². The van der Waals surface area contributed by atoms with Crippen LogP contribution >= 0.6 is 11.8 Å². The maximum atomic E-state index is 13.4. The molecule has 0 saturated heterocycles. The lowest BCUT2D eigenvalue weighted by Crippen LogP contribution is -2.50. The summed E-state index contributed by atoms with van der Waals surface area (Å²) in [5.41, 5.74) is 1.06. The van der Waals surface area contributed by atoms with Gasteiger partial charge in [-0.25, -0.2) is 0 Å². The molecule has 2 amide bonds. The summed E-state index contributed by atoms with van der Waals surface area (Å²) < 4.78 is 5.19. The Morgan fingerprint density at radius 3 is 2.27 bits per heavy atom. The number of likely N-dealkylation sites (N-methyl/N-ethyl adjacent to an activating group) is 1. The molecule has 1 atom stereocenters. The van der Waals surface area contributed by atoms with Crippen molar-refractivity contribution in [2.45, 2.75) is 24.4 Å². The number of ether oxygens (including phenoxy) is 1. The van der Waals surface area contributed by atoms with Crippen LogP contribution in [0.3, 0.4) is 0 Å². The standard InChI is InChI=1S/C23H31N3O3S/c1-18(27)24-22(17-30-21-12-10-20(29-4)11-13-21)23(28)26(15-14-25(2)3)16-19-8-6-5-7-9-19/h5-13,22H,14-17H2,1-4H3,(H,24,27). The van der Waals surface area contributed by atoms with Crippen molar-refractivity contribution in [2.75, 3.05) is 40.0 Å². The van der Waals surface area contributed by atoms with Crippen LogP contribution < -0.4 is 10.1 Å². The van der Waals surface area contributed by atoms with Crippen LogP contribution in [0.2, 0.25) is 0 Å². The van der Waals surface area contributed by atoms with Gasteiger partial charge in [-0.3, -0.25) is 9.59 Å². The van der Waals surface area contributed by atoms with E-state index in [1.165, 1.54) is 18.7 Å². The van der Waals surface area contributed by atoms with Crippen LogP contribution in [0.5, 0.6) is 5.75 Å². The number of methoxy groups -OCH3 is 1. The molecule has 0 radical (unpaired) electrons. The fourth-order valence-electron chi connectivity index (χ4n) is 2.88. The Balaban J connectivity index is 2.12. The second kappa shape index (κ2) is 12.2. The number of carbonyl (C=O) groups is 2. The summed E-state index contributed by atoms with van der Waals surface area (Å²) in [5.74, 6) is 0.956. The van der Waals surface area contributed by atoms with Gasteiger partial charge in [-0.2, -0.15) is 0 Å². The van der Waals surface area contributed by atoms with Crippen molar-refractivity contribution in [2.24, 2.45) is 0 Å². The number of carbonyl (C=O) groups excluding carboxylic acids is 2. The maximum absolute atomic E-state index is 13.4. The van der Waals surface area contributed by atoms with Crippen LogP contribution in [0.15, 0.2) is 59.5 Å². The van der Waals surface area contributed by atoms with E-state index in [1.807, 2.05) is 78.5 Å². The van der Waals surface area contributed by atoms with E-state index in [9.17, 15) is 9.59 Å². The summed E-state index contributed by atoms with van der Waals surface area (Å²) in [6.45, 7) is 3.29. The van der Waals surface area contributed by atoms with E-state index in [-0.39, 0.29) is 11.8 Å². The molecule has 1 unspecified atom stereocenters. The zero-order valence-electron chi connectivity index (χ0n) is 18.1. The maximum Gasteiger partial charge on any atom is 0.246 e. The average Bonchev–Trinajstić information content (AvgIpc) is 2.74. The second-order valence-corrected chi connectivity index (χ2v) is 8.38. The van der Waals surface area contributed by atoms with Gasteiger partial charge in [0.1, 0.15) is 11.8 Å². The Hall–Kier alpha value is -2.51. The lowest BCUT2D eigenvalue weighted by molar-refractivity contribution is -0.136. The summed E-state index contributed by atoms with van der Waals surface area (Å²) >= 11 is 1.54. The Bertz CT molecular complexity index is 797. The smallest absolute Gasteiger partial charge is 0.246 e. The van der Waals surface area contributed by atoms with E-state index in [0.717, 1.165) is 22.8 Å². The molecule has 2 aromatic rings. The van der Waals surface area contributed by atoms with Crippen molar-refractivity contribution in [3.05, 3.63) is 60.2 Å². The largest absolute Gasteiger partial charge is 0.497 e. The first-order valence-corrected chi connectivity index (χ1v) is 10.9. The molecular weight excluding hydrogens is 398 g/mol. The molecule has 0 heterocycles. The van der Waals surface area contributed by atoms with Crippen LogP contribution in [0, 0.1) is 0 Å². The van der Waals surface area contributed by atoms with E-state index >= 15 is 0 Å². The first kappa shape index (κ1) is 23.8. The monoisotopic (exact) mass is 429 g/mol. The number of nitrogens with zero attached hydrogens (tertiary/aromatic N) is 2. The molecule has 2 aromatic carbocycles. The molecular formula is C23H31N3O3S. The summed E-state index contributed by atoms with van der Waals surface area (Å²) in [5, 5.41) is 2.84. The van der Waals surface area contributed by atoms with Gasteiger partial charge in [-0.1, -0.05) is 30.3 Å². The zero-order valence-corrected chi connectivity index (χ0v) is 18.9. The van der Waals surface area contributed by atoms with E-state index < -0.39 is 6.04 Å². The average molecular weight is 430 g/mol. The Kier molecular flexibility index (Phi) is 9.70. The molecule has 7 heteroatoms. The third-order valence-electron chi connectivity index (χ3n) is 4.50. The SMILES string of the molecule is COc1ccc(SCC(NC(C)=O)C(=O)N(CCN(C)C)Cc2ccccc2)cc1. The number of benzene rings is 2. The Morgan fingerprint density at radius 1 is 1.03 bits per heavy atom. The lowest BCUT2D eigenvalue weighted by atomic mass is 10.2. The molecule has 2 rings (SSSR count). The van der Waals surface area contributed by atoms with Crippen molar-refractivity contribution in [1.82, 2.24) is 15.1 Å². The van der Waals surface area contributed by atoms with Gasteiger partial charge in [0.15, 0.2) is 0 Å². The predicted octanol–water partition coefficient (Wildman–Crippen LogP) is 2.88. The number of nitrogens with one attached hydrogen (secondary N) is 1. The van der Waals surface area contributed by atoms with Gasteiger partial charge in [0, 0.05) is 37.2 Å². The summed E-state index contributed by atoms with van der Waals surface area (Å²) in [6, 6.07) is 17.0. The number of hydrogen-bond acceptors (Lipinski definition) is 5. The highest BCUT2D eigenvalue weighted by Gasteiger charge is 2.25. The Morgan fingerprint density at radius 2 is 1.70 bits per heavy atom. The van der Waals surface area contributed by atoms with E-state index in [1.54, 1.807) is 7.11 Å². The van der Waals surface area contributed by atoms with E-state index in [2.05, 4.69) is 5.32 Å². The molecule has 0 aliphatic carbocycles. The van der Waals surface area contributed by atoms with Crippen molar-refractivity contribution < 1.29 is 14.3 Å². The third kappa shape index (κ3) is 8.08. The van der Waals surface area contributed by atoms with Gasteiger partial charge in [-0.05, 0) is 43.9 Å². The van der Waals surface area contributed by atoms with Gasteiger partial charge < -0.3 is 19.9 Å². The van der Waals surface area contributed by atoms with Gasteiger partial charge in [-0.15, -0.1) is 11.8 Å². The van der Waals surface area contributed by atoms with Crippen LogP contribution in [0.25, 0.3) is 0 Å². The Labute approximate surface area is 183 Å². The van der Waals surface area contributed by atoms with Crippen molar-refractivity contribution in [1.29, 1.82) is 0 Å². The van der Waals surface area contributed by atoms with E-state index in [4.69, 9.17) is 4.74 Å². The lowest BCUT2D eigenvalue weighted by Gasteiger charge is -2.29. The van der Waals surface area contributed by atoms with Gasteiger partial charge >= 0.3 is 0 Å². The highest BCUT2D eigenvalue weighted by Crippen LogP contribution is 2.22. The molecule has 30 heavy (non-hydrogen) atoms. The molecule has 0 fully saturated rings. The third-order valence-corrected chi connectivity index (χ3v) is 5.60. The number of rotatable bonds is 11. The van der Waals surface area contributed by atoms with Crippen LogP contribution in [0.4, 0.5) is 0 Å². The molecule has 1 N–H and O–H groups in total. The normalized spacial score (nSPS) is 11.8. The minimum Gasteiger partial charge on any atom is -0.497 e. The summed E-state index contributed by atoms with van der Waals surface area (Å²) in [6.07, 6.45) is 0. The highest BCUT2D eigenvalue weighted by molar-refractivity contribution is 7.99. The highest BCUT2D eigenvalue weighted by atomic mass is 32.2. The van der Waals surface area contributed by atoms with E-state index in [0.29, 0.717) is 18.8 Å².